The van der Waals surface area contributed by atoms with Gasteiger partial charge in [0, 0.05) is 0 Å². The first-order chi connectivity index (χ1) is 6.18. The highest BCUT2D eigenvalue weighted by Crippen LogP contribution is 2.29. The number of hydrogen-bond acceptors (Lipinski definition) is 2. The molecule has 0 unspecified atom stereocenters. The van der Waals surface area contributed by atoms with Crippen LogP contribution in [0.2, 0.25) is 0 Å². The molecule has 0 aromatic carbocycles. The van der Waals surface area contributed by atoms with Gasteiger partial charge in [-0.2, -0.15) is 0 Å². The summed E-state index contributed by atoms with van der Waals surface area (Å²) in [4.78, 5) is 10.2. The molecule has 3 heteroatoms. The summed E-state index contributed by atoms with van der Waals surface area (Å²) in [6, 6.07) is 0. The van der Waals surface area contributed by atoms with E-state index in [1.54, 1.807) is 0 Å². The van der Waals surface area contributed by atoms with Gasteiger partial charge in [-0.05, 0) is 18.8 Å². The molecule has 0 heterocycles. The minimum Gasteiger partial charge on any atom is -0.481 e. The fraction of sp³-hybridized carbons (Fsp3) is 0.900. The van der Waals surface area contributed by atoms with Crippen LogP contribution in [0.15, 0.2) is 0 Å². The molecule has 13 heavy (non-hydrogen) atoms. The Morgan fingerprint density at radius 2 is 2.00 bits per heavy atom. The highest BCUT2D eigenvalue weighted by atomic mass is 16.4. The zero-order chi connectivity index (χ0) is 9.68. The summed E-state index contributed by atoms with van der Waals surface area (Å²) in [5, 5.41) is 17.7. The second kappa shape index (κ2) is 5.22. The van der Waals surface area contributed by atoms with Crippen molar-refractivity contribution in [2.45, 2.75) is 51.0 Å². The number of rotatable bonds is 5. The molecule has 1 saturated carbocycles. The predicted molar refractivity (Wildman–Crippen MR) is 49.5 cm³/mol. The molecule has 1 rings (SSSR count). The minimum atomic E-state index is -0.904. The summed E-state index contributed by atoms with van der Waals surface area (Å²) in [6.07, 6.45) is 6.04. The number of hydrogen-bond donors (Lipinski definition) is 2. The van der Waals surface area contributed by atoms with E-state index >= 15 is 0 Å². The number of aliphatic carboxylic acids is 1. The average molecular weight is 186 g/mol. The van der Waals surface area contributed by atoms with Crippen molar-refractivity contribution in [2.24, 2.45) is 5.92 Å². The zero-order valence-corrected chi connectivity index (χ0v) is 7.91. The smallest absolute Gasteiger partial charge is 0.305 e. The predicted octanol–water partition coefficient (Wildman–Crippen LogP) is 1.79. The van der Waals surface area contributed by atoms with Crippen LogP contribution in [0.25, 0.3) is 0 Å². The Balaban J connectivity index is 2.06. The van der Waals surface area contributed by atoms with E-state index in [0.717, 1.165) is 12.3 Å². The molecule has 1 fully saturated rings. The maximum absolute atomic E-state index is 10.2. The number of carboxylic acid groups (broad SMARTS) is 1. The van der Waals surface area contributed by atoms with Gasteiger partial charge in [0.1, 0.15) is 0 Å². The fourth-order valence-corrected chi connectivity index (χ4v) is 2.03. The van der Waals surface area contributed by atoms with Gasteiger partial charge in [0.25, 0.3) is 0 Å². The molecule has 0 radical (unpaired) electrons. The molecule has 0 amide bonds. The lowest BCUT2D eigenvalue weighted by molar-refractivity contribution is -0.139. The zero-order valence-electron chi connectivity index (χ0n) is 7.91. The number of aliphatic hydroxyl groups excluding tert-OH is 1. The molecule has 1 aliphatic carbocycles. The summed E-state index contributed by atoms with van der Waals surface area (Å²) >= 11 is 0. The summed E-state index contributed by atoms with van der Waals surface area (Å²) in [5.74, 6) is -0.164. The Morgan fingerprint density at radius 1 is 1.38 bits per heavy atom. The van der Waals surface area contributed by atoms with E-state index in [1.807, 2.05) is 0 Å². The van der Waals surface area contributed by atoms with E-state index in [0.29, 0.717) is 6.42 Å². The van der Waals surface area contributed by atoms with Crippen LogP contribution in [0, 0.1) is 5.92 Å². The van der Waals surface area contributed by atoms with Crippen LogP contribution in [-0.4, -0.2) is 22.3 Å². The third kappa shape index (κ3) is 4.27. The minimum absolute atomic E-state index is 0.104. The van der Waals surface area contributed by atoms with E-state index < -0.39 is 12.1 Å². The Labute approximate surface area is 78.8 Å². The van der Waals surface area contributed by atoms with E-state index in [4.69, 9.17) is 5.11 Å². The van der Waals surface area contributed by atoms with Crippen LogP contribution in [0.1, 0.15) is 44.9 Å². The standard InChI is InChI=1S/C10H18O3/c11-9(7-10(12)13)6-5-8-3-1-2-4-8/h8-9,11H,1-7H2,(H,12,13)/t9-/m1/s1. The summed E-state index contributed by atoms with van der Waals surface area (Å²) in [7, 11) is 0. The Bertz CT molecular complexity index is 162. The van der Waals surface area contributed by atoms with Crippen LogP contribution in [0.4, 0.5) is 0 Å². The molecule has 0 aromatic rings. The molecule has 2 N–H and O–H groups in total. The molecule has 0 aliphatic heterocycles. The topological polar surface area (TPSA) is 57.5 Å². The summed E-state index contributed by atoms with van der Waals surface area (Å²) < 4.78 is 0. The van der Waals surface area contributed by atoms with Crippen molar-refractivity contribution >= 4 is 5.97 Å². The summed E-state index contributed by atoms with van der Waals surface area (Å²) in [6.45, 7) is 0. The van der Waals surface area contributed by atoms with Crippen LogP contribution < -0.4 is 0 Å². The van der Waals surface area contributed by atoms with E-state index in [-0.39, 0.29) is 6.42 Å². The largest absolute Gasteiger partial charge is 0.481 e. The first-order valence-corrected chi connectivity index (χ1v) is 5.08. The van der Waals surface area contributed by atoms with E-state index in [9.17, 15) is 9.90 Å². The lowest BCUT2D eigenvalue weighted by Gasteiger charge is -2.11. The Morgan fingerprint density at radius 3 is 2.54 bits per heavy atom. The molecule has 1 atom stereocenters. The molecule has 3 nitrogen and oxygen atoms in total. The molecule has 0 bridgehead atoms. The van der Waals surface area contributed by atoms with Crippen molar-refractivity contribution in [3.05, 3.63) is 0 Å². The lowest BCUT2D eigenvalue weighted by atomic mass is 9.98. The lowest BCUT2D eigenvalue weighted by Crippen LogP contribution is -2.13. The van der Waals surface area contributed by atoms with Gasteiger partial charge in [0.2, 0.25) is 0 Å². The number of carboxylic acids is 1. The van der Waals surface area contributed by atoms with Gasteiger partial charge in [0.05, 0.1) is 12.5 Å². The molecular weight excluding hydrogens is 168 g/mol. The summed E-state index contributed by atoms with van der Waals surface area (Å²) in [5.41, 5.74) is 0. The highest BCUT2D eigenvalue weighted by Gasteiger charge is 2.17. The maximum atomic E-state index is 10.2. The van der Waals surface area contributed by atoms with Crippen molar-refractivity contribution in [3.8, 4) is 0 Å². The average Bonchev–Trinajstić information content (AvgIpc) is 2.51. The van der Waals surface area contributed by atoms with Crippen molar-refractivity contribution in [2.75, 3.05) is 0 Å². The Hall–Kier alpha value is -0.570. The quantitative estimate of drug-likeness (QED) is 0.688. The van der Waals surface area contributed by atoms with Crippen LogP contribution >= 0.6 is 0 Å². The van der Waals surface area contributed by atoms with Gasteiger partial charge >= 0.3 is 5.97 Å². The third-order valence-corrected chi connectivity index (χ3v) is 2.79. The second-order valence-corrected chi connectivity index (χ2v) is 3.98. The van der Waals surface area contributed by atoms with Crippen molar-refractivity contribution in [3.63, 3.8) is 0 Å². The molecule has 76 valence electrons. The van der Waals surface area contributed by atoms with Gasteiger partial charge in [-0.25, -0.2) is 0 Å². The first-order valence-electron chi connectivity index (χ1n) is 5.08. The molecular formula is C10H18O3. The van der Waals surface area contributed by atoms with Crippen LogP contribution in [0.3, 0.4) is 0 Å². The van der Waals surface area contributed by atoms with E-state index in [1.165, 1.54) is 25.7 Å². The second-order valence-electron chi connectivity index (χ2n) is 3.98. The van der Waals surface area contributed by atoms with Gasteiger partial charge < -0.3 is 10.2 Å². The number of aliphatic hydroxyl groups is 1. The molecule has 0 spiro atoms. The monoisotopic (exact) mass is 186 g/mol. The van der Waals surface area contributed by atoms with E-state index in [2.05, 4.69) is 0 Å². The molecule has 1 aliphatic rings. The molecule has 0 saturated heterocycles. The number of carbonyl (C=O) groups is 1. The Kier molecular flexibility index (Phi) is 4.22. The third-order valence-electron chi connectivity index (χ3n) is 2.79. The molecule has 0 aromatic heterocycles. The SMILES string of the molecule is O=C(O)C[C@H](O)CCC1CCCC1. The van der Waals surface area contributed by atoms with Gasteiger partial charge in [0.15, 0.2) is 0 Å². The maximum Gasteiger partial charge on any atom is 0.305 e. The van der Waals surface area contributed by atoms with Crippen molar-refractivity contribution in [1.82, 2.24) is 0 Å². The van der Waals surface area contributed by atoms with Gasteiger partial charge in [-0.1, -0.05) is 25.7 Å². The van der Waals surface area contributed by atoms with Gasteiger partial charge in [-0.15, -0.1) is 0 Å². The highest BCUT2D eigenvalue weighted by molar-refractivity contribution is 5.67. The first kappa shape index (κ1) is 10.5. The van der Waals surface area contributed by atoms with Gasteiger partial charge in [-0.3, -0.25) is 4.79 Å². The van der Waals surface area contributed by atoms with Crippen molar-refractivity contribution in [1.29, 1.82) is 0 Å². The normalized spacial score (nSPS) is 20.4. The van der Waals surface area contributed by atoms with Crippen LogP contribution in [0.5, 0.6) is 0 Å². The van der Waals surface area contributed by atoms with Crippen molar-refractivity contribution < 1.29 is 15.0 Å². The fourth-order valence-electron chi connectivity index (χ4n) is 2.03. The van der Waals surface area contributed by atoms with Crippen LogP contribution in [-0.2, 0) is 4.79 Å².